The van der Waals surface area contributed by atoms with Gasteiger partial charge in [-0.25, -0.2) is 4.79 Å². The van der Waals surface area contributed by atoms with Gasteiger partial charge in [-0.2, -0.15) is 0 Å². The summed E-state index contributed by atoms with van der Waals surface area (Å²) in [4.78, 5) is 9.50. The summed E-state index contributed by atoms with van der Waals surface area (Å²) in [7, 11) is 0. The highest BCUT2D eigenvalue weighted by Crippen LogP contribution is 2.25. The molecule has 1 aliphatic carbocycles. The normalized spacial score (nSPS) is 19.5. The molecule has 0 unspecified atom stereocenters. The van der Waals surface area contributed by atoms with Crippen molar-refractivity contribution in [1.29, 1.82) is 0 Å². The van der Waals surface area contributed by atoms with E-state index in [0.29, 0.717) is 12.5 Å². The Bertz CT molecular complexity index is 76.6. The van der Waals surface area contributed by atoms with Gasteiger partial charge in [0.05, 0.1) is 6.61 Å². The van der Waals surface area contributed by atoms with Crippen LogP contribution >= 0.6 is 0 Å². The highest BCUT2D eigenvalue weighted by Gasteiger charge is 2.17. The van der Waals surface area contributed by atoms with Crippen LogP contribution in [0.5, 0.6) is 0 Å². The molecule has 0 N–H and O–H groups in total. The molecule has 0 heterocycles. The average Bonchev–Trinajstić information content (AvgIpc) is 1.63. The minimum absolute atomic E-state index is 0.587. The van der Waals surface area contributed by atoms with E-state index in [1.54, 1.807) is 0 Å². The van der Waals surface area contributed by atoms with Crippen molar-refractivity contribution >= 4 is 6.47 Å². The molecule has 0 bridgehead atoms. The molecular formula is C6H9O2. The lowest BCUT2D eigenvalue weighted by Gasteiger charge is -2.23. The van der Waals surface area contributed by atoms with Crippen LogP contribution in [-0.4, -0.2) is 13.1 Å². The van der Waals surface area contributed by atoms with Crippen molar-refractivity contribution in [3.63, 3.8) is 0 Å². The summed E-state index contributed by atoms with van der Waals surface area (Å²) >= 11 is 0. The molecule has 2 nitrogen and oxygen atoms in total. The zero-order chi connectivity index (χ0) is 5.82. The second-order valence-corrected chi connectivity index (χ2v) is 2.19. The lowest BCUT2D eigenvalue weighted by atomic mass is 9.86. The standard InChI is InChI=1S/C6H9O2/c7-5-8-4-6-2-1-3-6/h6H,1-4H2. The Kier molecular flexibility index (Phi) is 1.89. The Balaban J connectivity index is 1.93. The van der Waals surface area contributed by atoms with Crippen LogP contribution in [-0.2, 0) is 9.53 Å². The fourth-order valence-electron chi connectivity index (χ4n) is 0.811. The second kappa shape index (κ2) is 2.70. The first-order valence-electron chi connectivity index (χ1n) is 2.92. The summed E-state index contributed by atoms with van der Waals surface area (Å²) in [5.41, 5.74) is 0. The van der Waals surface area contributed by atoms with Crippen molar-refractivity contribution in [2.45, 2.75) is 19.3 Å². The van der Waals surface area contributed by atoms with Crippen LogP contribution in [0.3, 0.4) is 0 Å². The Labute approximate surface area is 48.8 Å². The fraction of sp³-hybridized carbons (Fsp3) is 0.833. The predicted molar refractivity (Wildman–Crippen MR) is 29.0 cm³/mol. The van der Waals surface area contributed by atoms with Crippen LogP contribution in [0, 0.1) is 5.92 Å². The third-order valence-electron chi connectivity index (χ3n) is 1.60. The molecule has 0 aliphatic heterocycles. The third-order valence-corrected chi connectivity index (χ3v) is 1.60. The van der Waals surface area contributed by atoms with E-state index in [1.807, 2.05) is 0 Å². The van der Waals surface area contributed by atoms with E-state index < -0.39 is 0 Å². The highest BCUT2D eigenvalue weighted by atomic mass is 16.5. The van der Waals surface area contributed by atoms with Crippen LogP contribution < -0.4 is 0 Å². The summed E-state index contributed by atoms with van der Waals surface area (Å²) in [5, 5.41) is 0. The molecule has 8 heavy (non-hydrogen) atoms. The van der Waals surface area contributed by atoms with Crippen molar-refractivity contribution in [1.82, 2.24) is 0 Å². The Hall–Kier alpha value is -0.530. The zero-order valence-corrected chi connectivity index (χ0v) is 4.72. The van der Waals surface area contributed by atoms with Gasteiger partial charge in [-0.05, 0) is 18.8 Å². The van der Waals surface area contributed by atoms with E-state index in [-0.39, 0.29) is 0 Å². The van der Waals surface area contributed by atoms with Crippen LogP contribution in [0.4, 0.5) is 0 Å². The minimum Gasteiger partial charge on any atom is -0.457 e. The van der Waals surface area contributed by atoms with Crippen LogP contribution in [0.2, 0.25) is 0 Å². The Morgan fingerprint density at radius 1 is 1.62 bits per heavy atom. The van der Waals surface area contributed by atoms with Gasteiger partial charge in [-0.15, -0.1) is 0 Å². The molecule has 0 spiro atoms. The number of hydrogen-bond donors (Lipinski definition) is 0. The first-order chi connectivity index (χ1) is 3.93. The SMILES string of the molecule is O=[C]OCC1CCC1. The zero-order valence-electron chi connectivity index (χ0n) is 4.72. The van der Waals surface area contributed by atoms with Crippen molar-refractivity contribution in [2.24, 2.45) is 5.92 Å². The third kappa shape index (κ3) is 1.22. The molecule has 0 saturated heterocycles. The molecule has 2 heteroatoms. The summed E-state index contributed by atoms with van der Waals surface area (Å²) in [6.07, 6.45) is 3.75. The number of carbonyl (C=O) groups excluding carboxylic acids is 1. The molecule has 0 atom stereocenters. The maximum absolute atomic E-state index is 9.50. The van der Waals surface area contributed by atoms with Crippen molar-refractivity contribution in [2.75, 3.05) is 6.61 Å². The molecule has 1 fully saturated rings. The Morgan fingerprint density at radius 2 is 2.38 bits per heavy atom. The van der Waals surface area contributed by atoms with Crippen LogP contribution in [0.1, 0.15) is 19.3 Å². The summed E-state index contributed by atoms with van der Waals surface area (Å²) in [5.74, 6) is 0.649. The van der Waals surface area contributed by atoms with E-state index >= 15 is 0 Å². The van der Waals surface area contributed by atoms with Gasteiger partial charge < -0.3 is 4.74 Å². The van der Waals surface area contributed by atoms with E-state index in [0.717, 1.165) is 0 Å². The number of hydrogen-bond acceptors (Lipinski definition) is 2. The van der Waals surface area contributed by atoms with Gasteiger partial charge in [0.1, 0.15) is 0 Å². The van der Waals surface area contributed by atoms with E-state index in [4.69, 9.17) is 0 Å². The van der Waals surface area contributed by atoms with Crippen molar-refractivity contribution in [3.8, 4) is 0 Å². The number of ether oxygens (including phenoxy) is 1. The van der Waals surface area contributed by atoms with Crippen molar-refractivity contribution in [3.05, 3.63) is 0 Å². The van der Waals surface area contributed by atoms with Gasteiger partial charge in [-0.1, -0.05) is 6.42 Å². The molecular weight excluding hydrogens is 104 g/mol. The Morgan fingerprint density at radius 3 is 2.75 bits per heavy atom. The minimum atomic E-state index is 0.587. The van der Waals surface area contributed by atoms with E-state index in [9.17, 15) is 4.79 Å². The molecule has 1 aliphatic rings. The lowest BCUT2D eigenvalue weighted by Crippen LogP contribution is -2.16. The quantitative estimate of drug-likeness (QED) is 0.542. The summed E-state index contributed by atoms with van der Waals surface area (Å²) < 4.78 is 4.43. The van der Waals surface area contributed by atoms with Gasteiger partial charge >= 0.3 is 6.47 Å². The molecule has 0 aromatic carbocycles. The van der Waals surface area contributed by atoms with Gasteiger partial charge in [0.2, 0.25) is 0 Å². The maximum atomic E-state index is 9.50. The fourth-order valence-corrected chi connectivity index (χ4v) is 0.811. The monoisotopic (exact) mass is 113 g/mol. The summed E-state index contributed by atoms with van der Waals surface area (Å²) in [6.45, 7) is 2.00. The summed E-state index contributed by atoms with van der Waals surface area (Å²) in [6, 6.07) is 0. The van der Waals surface area contributed by atoms with E-state index in [2.05, 4.69) is 4.74 Å². The number of rotatable bonds is 3. The van der Waals surface area contributed by atoms with Gasteiger partial charge in [0.25, 0.3) is 0 Å². The van der Waals surface area contributed by atoms with Gasteiger partial charge in [0, 0.05) is 0 Å². The van der Waals surface area contributed by atoms with Crippen LogP contribution in [0.15, 0.2) is 0 Å². The molecule has 0 aromatic heterocycles. The predicted octanol–water partition coefficient (Wildman–Crippen LogP) is 0.870. The topological polar surface area (TPSA) is 26.3 Å². The van der Waals surface area contributed by atoms with Gasteiger partial charge in [-0.3, -0.25) is 0 Å². The lowest BCUT2D eigenvalue weighted by molar-refractivity contribution is 0.164. The van der Waals surface area contributed by atoms with Crippen molar-refractivity contribution < 1.29 is 9.53 Å². The van der Waals surface area contributed by atoms with E-state index in [1.165, 1.54) is 25.7 Å². The largest absolute Gasteiger partial charge is 0.457 e. The van der Waals surface area contributed by atoms with Crippen LogP contribution in [0.25, 0.3) is 0 Å². The molecule has 0 amide bonds. The molecule has 0 aromatic rings. The molecule has 1 saturated carbocycles. The molecule has 1 radical (unpaired) electrons. The second-order valence-electron chi connectivity index (χ2n) is 2.19. The average molecular weight is 113 g/mol. The van der Waals surface area contributed by atoms with Gasteiger partial charge in [0.15, 0.2) is 0 Å². The highest BCUT2D eigenvalue weighted by molar-refractivity contribution is 5.38. The first kappa shape index (κ1) is 5.60. The smallest absolute Gasteiger partial charge is 0.417 e. The molecule has 1 rings (SSSR count). The first-order valence-corrected chi connectivity index (χ1v) is 2.92. The maximum Gasteiger partial charge on any atom is 0.417 e. The molecule has 45 valence electrons.